The first-order valence-corrected chi connectivity index (χ1v) is 8.45. The van der Waals surface area contributed by atoms with Crippen molar-refractivity contribution in [2.45, 2.75) is 25.9 Å². The Morgan fingerprint density at radius 1 is 1.42 bits per heavy atom. The number of ether oxygens (including phenoxy) is 1. The molecule has 0 aliphatic carbocycles. The number of amides is 1. The maximum Gasteiger partial charge on any atom is 0.254 e. The molecule has 1 saturated heterocycles. The van der Waals surface area contributed by atoms with Gasteiger partial charge in [-0.3, -0.25) is 4.79 Å². The lowest BCUT2D eigenvalue weighted by Crippen LogP contribution is -2.28. The van der Waals surface area contributed by atoms with E-state index in [0.29, 0.717) is 24.7 Å². The second kappa shape index (κ2) is 6.58. The van der Waals surface area contributed by atoms with Crippen LogP contribution in [-0.2, 0) is 9.53 Å². The minimum absolute atomic E-state index is 0.265. The Balaban J connectivity index is 1.76. The lowest BCUT2D eigenvalue weighted by Gasteiger charge is -2.13. The van der Waals surface area contributed by atoms with Crippen molar-refractivity contribution in [3.8, 4) is 11.9 Å². The third-order valence-corrected chi connectivity index (χ3v) is 4.48. The molecular weight excluding hydrogens is 330 g/mol. The van der Waals surface area contributed by atoms with E-state index in [9.17, 15) is 10.1 Å². The lowest BCUT2D eigenvalue weighted by atomic mass is 10.1. The van der Waals surface area contributed by atoms with Gasteiger partial charge in [-0.15, -0.1) is 0 Å². The SMILES string of the molecule is Cc1cc(-n2ncc(C#N)c2NC(=O)C2CCCO2)nc2ccccc12. The van der Waals surface area contributed by atoms with Crippen LogP contribution in [0.4, 0.5) is 5.82 Å². The zero-order valence-corrected chi connectivity index (χ0v) is 14.3. The monoisotopic (exact) mass is 347 g/mol. The van der Waals surface area contributed by atoms with Crippen LogP contribution >= 0.6 is 0 Å². The molecule has 3 heterocycles. The number of benzene rings is 1. The van der Waals surface area contributed by atoms with Crippen molar-refractivity contribution in [1.82, 2.24) is 14.8 Å². The van der Waals surface area contributed by atoms with Crippen molar-refractivity contribution >= 4 is 22.6 Å². The van der Waals surface area contributed by atoms with Gasteiger partial charge in [0, 0.05) is 12.0 Å². The van der Waals surface area contributed by atoms with Gasteiger partial charge in [0.15, 0.2) is 11.6 Å². The molecule has 0 radical (unpaired) electrons. The minimum atomic E-state index is -0.490. The fourth-order valence-electron chi connectivity index (χ4n) is 3.15. The zero-order chi connectivity index (χ0) is 18.1. The number of rotatable bonds is 3. The van der Waals surface area contributed by atoms with E-state index in [1.807, 2.05) is 37.3 Å². The number of hydrogen-bond donors (Lipinski definition) is 1. The van der Waals surface area contributed by atoms with E-state index in [-0.39, 0.29) is 11.5 Å². The van der Waals surface area contributed by atoms with Crippen LogP contribution in [0.25, 0.3) is 16.7 Å². The van der Waals surface area contributed by atoms with Gasteiger partial charge < -0.3 is 10.1 Å². The molecule has 26 heavy (non-hydrogen) atoms. The van der Waals surface area contributed by atoms with Gasteiger partial charge in [-0.1, -0.05) is 18.2 Å². The van der Waals surface area contributed by atoms with E-state index >= 15 is 0 Å². The minimum Gasteiger partial charge on any atom is -0.368 e. The largest absolute Gasteiger partial charge is 0.368 e. The highest BCUT2D eigenvalue weighted by molar-refractivity contribution is 5.95. The average molecular weight is 347 g/mol. The fraction of sp³-hybridized carbons (Fsp3) is 0.263. The number of anilines is 1. The Hall–Kier alpha value is -3.24. The molecule has 1 N–H and O–H groups in total. The number of nitrogens with one attached hydrogen (secondary N) is 1. The average Bonchev–Trinajstić information content (AvgIpc) is 3.31. The Kier molecular flexibility index (Phi) is 4.11. The normalized spacial score (nSPS) is 16.5. The molecule has 1 unspecified atom stereocenters. The second-order valence-electron chi connectivity index (χ2n) is 6.24. The molecule has 1 aliphatic rings. The number of nitriles is 1. The third kappa shape index (κ3) is 2.80. The predicted molar refractivity (Wildman–Crippen MR) is 95.9 cm³/mol. The van der Waals surface area contributed by atoms with Crippen molar-refractivity contribution in [2.75, 3.05) is 11.9 Å². The molecule has 130 valence electrons. The number of hydrogen-bond acceptors (Lipinski definition) is 5. The quantitative estimate of drug-likeness (QED) is 0.786. The topological polar surface area (TPSA) is 92.8 Å². The Morgan fingerprint density at radius 3 is 3.04 bits per heavy atom. The van der Waals surface area contributed by atoms with Gasteiger partial charge in [0.25, 0.3) is 5.91 Å². The molecule has 1 atom stereocenters. The van der Waals surface area contributed by atoms with Gasteiger partial charge in [-0.2, -0.15) is 15.0 Å². The van der Waals surface area contributed by atoms with Crippen LogP contribution in [-0.4, -0.2) is 33.4 Å². The summed E-state index contributed by atoms with van der Waals surface area (Å²) in [5, 5.41) is 17.5. The molecule has 0 bridgehead atoms. The van der Waals surface area contributed by atoms with Crippen molar-refractivity contribution in [3.63, 3.8) is 0 Å². The number of nitrogens with zero attached hydrogens (tertiary/aromatic N) is 4. The summed E-state index contributed by atoms with van der Waals surface area (Å²) in [4.78, 5) is 17.1. The summed E-state index contributed by atoms with van der Waals surface area (Å²) in [7, 11) is 0. The zero-order valence-electron chi connectivity index (χ0n) is 14.3. The molecule has 1 aliphatic heterocycles. The number of aryl methyl sites for hydroxylation is 1. The van der Waals surface area contributed by atoms with Crippen molar-refractivity contribution in [3.05, 3.63) is 47.7 Å². The maximum absolute atomic E-state index is 12.4. The summed E-state index contributed by atoms with van der Waals surface area (Å²) < 4.78 is 6.91. The van der Waals surface area contributed by atoms with Crippen LogP contribution in [0.3, 0.4) is 0 Å². The number of carbonyl (C=O) groups is 1. The maximum atomic E-state index is 12.4. The molecular formula is C19H17N5O2. The molecule has 4 rings (SSSR count). The first-order chi connectivity index (χ1) is 12.7. The summed E-state index contributed by atoms with van der Waals surface area (Å²) in [6.45, 7) is 2.57. The summed E-state index contributed by atoms with van der Waals surface area (Å²) >= 11 is 0. The van der Waals surface area contributed by atoms with E-state index in [4.69, 9.17) is 4.74 Å². The standard InChI is InChI=1S/C19H17N5O2/c1-12-9-17(22-15-6-3-2-5-14(12)15)24-18(13(10-20)11-21-24)23-19(25)16-7-4-8-26-16/h2-3,5-6,9,11,16H,4,7-8H2,1H3,(H,23,25). The molecule has 1 amide bonds. The fourth-order valence-corrected chi connectivity index (χ4v) is 3.15. The molecule has 1 aromatic carbocycles. The first kappa shape index (κ1) is 16.2. The number of pyridine rings is 1. The highest BCUT2D eigenvalue weighted by atomic mass is 16.5. The van der Waals surface area contributed by atoms with Gasteiger partial charge in [0.1, 0.15) is 17.7 Å². The van der Waals surface area contributed by atoms with Gasteiger partial charge in [0.05, 0.1) is 11.7 Å². The smallest absolute Gasteiger partial charge is 0.254 e. The number of para-hydroxylation sites is 1. The summed E-state index contributed by atoms with van der Waals surface area (Å²) in [6, 6.07) is 11.8. The summed E-state index contributed by atoms with van der Waals surface area (Å²) in [5.74, 6) is 0.596. The van der Waals surface area contributed by atoms with Gasteiger partial charge in [0.2, 0.25) is 0 Å². The highest BCUT2D eigenvalue weighted by Gasteiger charge is 2.26. The summed E-state index contributed by atoms with van der Waals surface area (Å²) in [6.07, 6.45) is 2.47. The van der Waals surface area contributed by atoms with Gasteiger partial charge >= 0.3 is 0 Å². The molecule has 7 nitrogen and oxygen atoms in total. The predicted octanol–water partition coefficient (Wildman–Crippen LogP) is 2.72. The van der Waals surface area contributed by atoms with Crippen LogP contribution in [0, 0.1) is 18.3 Å². The number of fused-ring (bicyclic) bond motifs is 1. The van der Waals surface area contributed by atoms with Crippen LogP contribution < -0.4 is 5.32 Å². The Labute approximate surface area is 150 Å². The number of aromatic nitrogens is 3. The summed E-state index contributed by atoms with van der Waals surface area (Å²) in [5.41, 5.74) is 2.15. The molecule has 7 heteroatoms. The molecule has 1 fully saturated rings. The Morgan fingerprint density at radius 2 is 2.27 bits per heavy atom. The first-order valence-electron chi connectivity index (χ1n) is 8.45. The lowest BCUT2D eigenvalue weighted by molar-refractivity contribution is -0.124. The van der Waals surface area contributed by atoms with E-state index in [2.05, 4.69) is 21.5 Å². The number of carbonyl (C=O) groups excluding carboxylic acids is 1. The Bertz CT molecular complexity index is 1030. The van der Waals surface area contributed by atoms with Crippen molar-refractivity contribution < 1.29 is 9.53 Å². The van der Waals surface area contributed by atoms with Crippen molar-refractivity contribution in [1.29, 1.82) is 5.26 Å². The van der Waals surface area contributed by atoms with E-state index in [1.54, 1.807) is 0 Å². The van der Waals surface area contributed by atoms with Gasteiger partial charge in [-0.25, -0.2) is 4.98 Å². The van der Waals surface area contributed by atoms with Crippen LogP contribution in [0.5, 0.6) is 0 Å². The van der Waals surface area contributed by atoms with Crippen LogP contribution in [0.1, 0.15) is 24.0 Å². The molecule has 2 aromatic heterocycles. The van der Waals surface area contributed by atoms with Gasteiger partial charge in [-0.05, 0) is 37.5 Å². The molecule has 3 aromatic rings. The van der Waals surface area contributed by atoms with Crippen LogP contribution in [0.2, 0.25) is 0 Å². The van der Waals surface area contributed by atoms with E-state index < -0.39 is 6.10 Å². The molecule has 0 saturated carbocycles. The third-order valence-electron chi connectivity index (χ3n) is 4.48. The second-order valence-corrected chi connectivity index (χ2v) is 6.24. The van der Waals surface area contributed by atoms with Crippen molar-refractivity contribution in [2.24, 2.45) is 0 Å². The highest BCUT2D eigenvalue weighted by Crippen LogP contribution is 2.24. The van der Waals surface area contributed by atoms with E-state index in [0.717, 1.165) is 22.9 Å². The molecule has 0 spiro atoms. The van der Waals surface area contributed by atoms with Crippen LogP contribution in [0.15, 0.2) is 36.5 Å². The van der Waals surface area contributed by atoms with E-state index in [1.165, 1.54) is 10.9 Å².